The molecule has 0 bridgehead atoms. The van der Waals surface area contributed by atoms with Gasteiger partial charge in [0.1, 0.15) is 11.5 Å². The van der Waals surface area contributed by atoms with Gasteiger partial charge in [-0.3, -0.25) is 0 Å². The maximum Gasteiger partial charge on any atom is 0.573 e. The highest BCUT2D eigenvalue weighted by atomic mass is 19.4. The van der Waals surface area contributed by atoms with Gasteiger partial charge in [-0.25, -0.2) is 0 Å². The molecule has 0 saturated carbocycles. The number of rotatable bonds is 4. The van der Waals surface area contributed by atoms with Gasteiger partial charge in [0, 0.05) is 12.6 Å². The summed E-state index contributed by atoms with van der Waals surface area (Å²) in [5.74, 6) is -0.0155. The summed E-state index contributed by atoms with van der Waals surface area (Å²) >= 11 is 0. The Morgan fingerprint density at radius 2 is 1.76 bits per heavy atom. The molecular weight excluding hydrogens is 235 g/mol. The van der Waals surface area contributed by atoms with Crippen LogP contribution in [0.1, 0.15) is 19.4 Å². The Morgan fingerprint density at radius 1 is 1.18 bits per heavy atom. The number of nitrogens with two attached hydrogens (primary N) is 1. The molecule has 0 aliphatic carbocycles. The fourth-order valence-corrected chi connectivity index (χ4v) is 1.28. The second kappa shape index (κ2) is 5.27. The van der Waals surface area contributed by atoms with Gasteiger partial charge < -0.3 is 15.2 Å². The third kappa shape index (κ3) is 4.95. The molecule has 0 radical (unpaired) electrons. The lowest BCUT2D eigenvalue weighted by Crippen LogP contribution is -2.17. The summed E-state index contributed by atoms with van der Waals surface area (Å²) in [5.41, 5.74) is 5.91. The molecule has 1 rings (SSSR count). The maximum atomic E-state index is 12.1. The summed E-state index contributed by atoms with van der Waals surface area (Å²) in [4.78, 5) is 0. The maximum absolute atomic E-state index is 12.1. The molecular formula is C11H14F3NO2. The van der Waals surface area contributed by atoms with Crippen LogP contribution < -0.4 is 15.2 Å². The van der Waals surface area contributed by atoms with Crippen LogP contribution in [0.3, 0.4) is 0 Å². The van der Waals surface area contributed by atoms with Gasteiger partial charge in [0.15, 0.2) is 0 Å². The largest absolute Gasteiger partial charge is 0.573 e. The van der Waals surface area contributed by atoms with Gasteiger partial charge in [0.2, 0.25) is 0 Å². The Morgan fingerprint density at radius 3 is 2.24 bits per heavy atom. The van der Waals surface area contributed by atoms with E-state index in [0.717, 1.165) is 0 Å². The Labute approximate surface area is 97.3 Å². The molecule has 0 fully saturated rings. The number of halogens is 3. The van der Waals surface area contributed by atoms with E-state index in [1.54, 1.807) is 19.9 Å². The molecule has 0 atom stereocenters. The highest BCUT2D eigenvalue weighted by Crippen LogP contribution is 2.28. The van der Waals surface area contributed by atoms with Crippen LogP contribution in [0.15, 0.2) is 18.2 Å². The third-order valence-electron chi connectivity index (χ3n) is 1.78. The molecule has 0 spiro atoms. The van der Waals surface area contributed by atoms with E-state index in [4.69, 9.17) is 10.5 Å². The van der Waals surface area contributed by atoms with Crippen LogP contribution >= 0.6 is 0 Å². The van der Waals surface area contributed by atoms with Crippen LogP contribution in [0.5, 0.6) is 11.5 Å². The zero-order chi connectivity index (χ0) is 13.1. The van der Waals surface area contributed by atoms with Crippen LogP contribution in [0, 0.1) is 0 Å². The standard InChI is InChI=1S/C11H14F3NO2/c1-7(2)16-9-3-8(6-15)4-10(5-9)17-11(12,13)14/h3-5,7H,6,15H2,1-2H3. The lowest BCUT2D eigenvalue weighted by Gasteiger charge is -2.14. The monoisotopic (exact) mass is 249 g/mol. The minimum absolute atomic E-state index is 0.115. The van der Waals surface area contributed by atoms with Crippen molar-refractivity contribution in [1.29, 1.82) is 0 Å². The molecule has 17 heavy (non-hydrogen) atoms. The summed E-state index contributed by atoms with van der Waals surface area (Å²) in [5, 5.41) is 0. The summed E-state index contributed by atoms with van der Waals surface area (Å²) < 4.78 is 45.4. The number of benzene rings is 1. The van der Waals surface area contributed by atoms with Gasteiger partial charge in [0.05, 0.1) is 6.10 Å². The van der Waals surface area contributed by atoms with Crippen molar-refractivity contribution in [2.75, 3.05) is 0 Å². The predicted molar refractivity (Wildman–Crippen MR) is 56.8 cm³/mol. The van der Waals surface area contributed by atoms with Crippen molar-refractivity contribution in [2.24, 2.45) is 5.73 Å². The van der Waals surface area contributed by atoms with Gasteiger partial charge in [-0.05, 0) is 31.5 Å². The molecule has 3 nitrogen and oxygen atoms in total. The minimum Gasteiger partial charge on any atom is -0.491 e. The topological polar surface area (TPSA) is 44.5 Å². The SMILES string of the molecule is CC(C)Oc1cc(CN)cc(OC(F)(F)F)c1. The quantitative estimate of drug-likeness (QED) is 0.892. The molecule has 1 aromatic carbocycles. The van der Waals surface area contributed by atoms with Gasteiger partial charge in [0.25, 0.3) is 0 Å². The number of alkyl halides is 3. The average Bonchev–Trinajstić information content (AvgIpc) is 2.13. The Hall–Kier alpha value is -1.43. The van der Waals surface area contributed by atoms with Crippen LogP contribution in [0.2, 0.25) is 0 Å². The van der Waals surface area contributed by atoms with Gasteiger partial charge in [-0.15, -0.1) is 13.2 Å². The van der Waals surface area contributed by atoms with E-state index < -0.39 is 6.36 Å². The van der Waals surface area contributed by atoms with Gasteiger partial charge in [-0.2, -0.15) is 0 Å². The molecule has 96 valence electrons. The molecule has 0 amide bonds. The van der Waals surface area contributed by atoms with E-state index in [-0.39, 0.29) is 18.4 Å². The summed E-state index contributed by atoms with van der Waals surface area (Å²) in [6.07, 6.45) is -4.86. The third-order valence-corrected chi connectivity index (χ3v) is 1.78. The van der Waals surface area contributed by atoms with E-state index in [0.29, 0.717) is 11.3 Å². The normalized spacial score (nSPS) is 11.7. The van der Waals surface area contributed by atoms with Crippen molar-refractivity contribution in [3.05, 3.63) is 23.8 Å². The van der Waals surface area contributed by atoms with Crippen molar-refractivity contribution in [1.82, 2.24) is 0 Å². The first-order chi connectivity index (χ1) is 7.80. The van der Waals surface area contributed by atoms with Gasteiger partial charge in [-0.1, -0.05) is 0 Å². The Balaban J connectivity index is 2.97. The second-order valence-electron chi connectivity index (χ2n) is 3.73. The fourth-order valence-electron chi connectivity index (χ4n) is 1.28. The lowest BCUT2D eigenvalue weighted by atomic mass is 10.2. The van der Waals surface area contributed by atoms with Crippen molar-refractivity contribution in [3.8, 4) is 11.5 Å². The lowest BCUT2D eigenvalue weighted by molar-refractivity contribution is -0.274. The number of hydrogen-bond acceptors (Lipinski definition) is 3. The van der Waals surface area contributed by atoms with Crippen LogP contribution in [-0.2, 0) is 6.54 Å². The van der Waals surface area contributed by atoms with E-state index in [1.807, 2.05) is 0 Å². The molecule has 0 aromatic heterocycles. The molecule has 0 unspecified atom stereocenters. The molecule has 0 saturated heterocycles. The predicted octanol–water partition coefficient (Wildman–Crippen LogP) is 2.83. The average molecular weight is 249 g/mol. The second-order valence-corrected chi connectivity index (χ2v) is 3.73. The smallest absolute Gasteiger partial charge is 0.491 e. The van der Waals surface area contributed by atoms with Crippen molar-refractivity contribution in [3.63, 3.8) is 0 Å². The number of hydrogen-bond donors (Lipinski definition) is 1. The van der Waals surface area contributed by atoms with E-state index in [9.17, 15) is 13.2 Å². The summed E-state index contributed by atoms with van der Waals surface area (Å²) in [6.45, 7) is 3.67. The van der Waals surface area contributed by atoms with Crippen molar-refractivity contribution < 1.29 is 22.6 Å². The molecule has 0 heterocycles. The summed E-state index contributed by atoms with van der Waals surface area (Å²) in [6, 6.07) is 4.01. The van der Waals surface area contributed by atoms with Crippen molar-refractivity contribution >= 4 is 0 Å². The zero-order valence-corrected chi connectivity index (χ0v) is 9.54. The van der Waals surface area contributed by atoms with Crippen molar-refractivity contribution in [2.45, 2.75) is 32.9 Å². The molecule has 1 aromatic rings. The fraction of sp³-hybridized carbons (Fsp3) is 0.455. The first kappa shape index (κ1) is 13.6. The van der Waals surface area contributed by atoms with E-state index in [1.165, 1.54) is 12.1 Å². The molecule has 6 heteroatoms. The number of ether oxygens (including phenoxy) is 2. The zero-order valence-electron chi connectivity index (χ0n) is 9.54. The minimum atomic E-state index is -4.72. The van der Waals surface area contributed by atoms with Crippen LogP contribution in [0.25, 0.3) is 0 Å². The Bertz CT molecular complexity index is 377. The molecule has 2 N–H and O–H groups in total. The summed E-state index contributed by atoms with van der Waals surface area (Å²) in [7, 11) is 0. The molecule has 0 aliphatic rings. The molecule has 0 aliphatic heterocycles. The highest BCUT2D eigenvalue weighted by Gasteiger charge is 2.31. The van der Waals surface area contributed by atoms with Gasteiger partial charge >= 0.3 is 6.36 Å². The highest BCUT2D eigenvalue weighted by molar-refractivity contribution is 5.38. The van der Waals surface area contributed by atoms with E-state index >= 15 is 0 Å². The van der Waals surface area contributed by atoms with E-state index in [2.05, 4.69) is 4.74 Å². The first-order valence-corrected chi connectivity index (χ1v) is 5.06. The first-order valence-electron chi connectivity index (χ1n) is 5.06. The van der Waals surface area contributed by atoms with Crippen LogP contribution in [-0.4, -0.2) is 12.5 Å². The van der Waals surface area contributed by atoms with Crippen LogP contribution in [0.4, 0.5) is 13.2 Å². The Kier molecular flexibility index (Phi) is 4.22.